The van der Waals surface area contributed by atoms with Crippen LogP contribution in [0.4, 0.5) is 4.39 Å². The van der Waals surface area contributed by atoms with Gasteiger partial charge in [0.05, 0.1) is 18.9 Å². The first-order valence-electron chi connectivity index (χ1n) is 11.7. The van der Waals surface area contributed by atoms with Crippen LogP contribution in [0.15, 0.2) is 58.4 Å². The number of halogens is 1. The van der Waals surface area contributed by atoms with E-state index in [1.807, 2.05) is 30.3 Å². The molecule has 5 nitrogen and oxygen atoms in total. The molecule has 3 heterocycles. The van der Waals surface area contributed by atoms with Gasteiger partial charge in [0, 0.05) is 30.5 Å². The van der Waals surface area contributed by atoms with E-state index >= 15 is 4.39 Å². The summed E-state index contributed by atoms with van der Waals surface area (Å²) in [5.41, 5.74) is 1.45. The Morgan fingerprint density at radius 1 is 1.30 bits per heavy atom. The number of furan rings is 1. The summed E-state index contributed by atoms with van der Waals surface area (Å²) in [6.07, 6.45) is 5.65. The molecule has 0 saturated carbocycles. The molecule has 33 heavy (non-hydrogen) atoms. The molecule has 1 N–H and O–H groups in total. The van der Waals surface area contributed by atoms with Gasteiger partial charge in [0.15, 0.2) is 5.09 Å². The number of aromatic nitrogens is 1. The third kappa shape index (κ3) is 6.28. The topological polar surface area (TPSA) is 58.7 Å². The molecular weight excluding hydrogens is 439 g/mol. The smallest absolute Gasteiger partial charge is 0.160 e. The molecule has 4 rings (SSSR count). The average Bonchev–Trinajstić information content (AvgIpc) is 3.38. The number of aliphatic hydroxyl groups is 1. The van der Waals surface area contributed by atoms with Crippen LogP contribution in [-0.4, -0.2) is 54.1 Å². The molecule has 1 saturated heterocycles. The van der Waals surface area contributed by atoms with Crippen molar-refractivity contribution < 1.29 is 18.7 Å². The second kappa shape index (κ2) is 11.9. The van der Waals surface area contributed by atoms with Crippen molar-refractivity contribution in [3.63, 3.8) is 0 Å². The summed E-state index contributed by atoms with van der Waals surface area (Å²) in [4.78, 5) is 6.80. The summed E-state index contributed by atoms with van der Waals surface area (Å²) in [7, 11) is 1.61. The highest BCUT2D eigenvalue weighted by Gasteiger charge is 2.29. The van der Waals surface area contributed by atoms with Gasteiger partial charge in [-0.25, -0.2) is 4.39 Å². The second-order valence-corrected chi connectivity index (χ2v) is 9.85. The summed E-state index contributed by atoms with van der Waals surface area (Å²) >= 11 is 1.74. The molecule has 0 aliphatic carbocycles. The highest BCUT2D eigenvalue weighted by molar-refractivity contribution is 7.99. The van der Waals surface area contributed by atoms with E-state index in [-0.39, 0.29) is 12.5 Å². The molecule has 0 radical (unpaired) electrons. The van der Waals surface area contributed by atoms with Crippen LogP contribution in [0.2, 0.25) is 0 Å². The van der Waals surface area contributed by atoms with Crippen LogP contribution in [0.25, 0.3) is 10.9 Å². The zero-order chi connectivity index (χ0) is 23.0. The molecule has 1 aromatic carbocycles. The van der Waals surface area contributed by atoms with E-state index in [1.165, 1.54) is 0 Å². The van der Waals surface area contributed by atoms with E-state index in [1.54, 1.807) is 37.4 Å². The van der Waals surface area contributed by atoms with E-state index in [9.17, 15) is 5.11 Å². The maximum absolute atomic E-state index is 15.3. The highest BCUT2D eigenvalue weighted by atomic mass is 32.2. The lowest BCUT2D eigenvalue weighted by atomic mass is 9.81. The van der Waals surface area contributed by atoms with E-state index in [2.05, 4.69) is 9.88 Å². The Balaban J connectivity index is 1.27. The molecule has 0 spiro atoms. The van der Waals surface area contributed by atoms with E-state index in [0.29, 0.717) is 23.7 Å². The molecule has 3 atom stereocenters. The van der Waals surface area contributed by atoms with Gasteiger partial charge in [-0.15, -0.1) is 0 Å². The van der Waals surface area contributed by atoms with Crippen LogP contribution in [-0.2, 0) is 0 Å². The molecule has 0 unspecified atom stereocenters. The first kappa shape index (κ1) is 24.0. The number of nitrogens with zero attached hydrogens (tertiary/aromatic N) is 2. The van der Waals surface area contributed by atoms with Crippen molar-refractivity contribution in [2.24, 2.45) is 11.8 Å². The van der Waals surface area contributed by atoms with Gasteiger partial charge < -0.3 is 19.2 Å². The fourth-order valence-corrected chi connectivity index (χ4v) is 5.59. The fraction of sp³-hybridized carbons (Fsp3) is 0.500. The van der Waals surface area contributed by atoms with Gasteiger partial charge in [-0.2, -0.15) is 0 Å². The monoisotopic (exact) mass is 472 g/mol. The van der Waals surface area contributed by atoms with Crippen molar-refractivity contribution in [3.05, 3.63) is 54.4 Å². The lowest BCUT2D eigenvalue weighted by molar-refractivity contribution is 0.0640. The first-order valence-corrected chi connectivity index (χ1v) is 12.7. The van der Waals surface area contributed by atoms with Crippen LogP contribution in [0, 0.1) is 11.8 Å². The zero-order valence-corrected chi connectivity index (χ0v) is 20.0. The SMILES string of the molecule is COc1ccc2nccc([C@@H](F)CC[C@@H]3CCN(CCCSc4ccco4)C[C@@H]3CO)c2c1. The minimum absolute atomic E-state index is 0.161. The van der Waals surface area contributed by atoms with Gasteiger partial charge in [-0.05, 0) is 92.6 Å². The van der Waals surface area contributed by atoms with Crippen LogP contribution in [0.5, 0.6) is 5.75 Å². The van der Waals surface area contributed by atoms with Crippen molar-refractivity contribution in [1.82, 2.24) is 9.88 Å². The van der Waals surface area contributed by atoms with Gasteiger partial charge in [0.1, 0.15) is 11.9 Å². The average molecular weight is 473 g/mol. The van der Waals surface area contributed by atoms with Crippen LogP contribution < -0.4 is 4.74 Å². The number of methoxy groups -OCH3 is 1. The van der Waals surface area contributed by atoms with E-state index < -0.39 is 6.17 Å². The van der Waals surface area contributed by atoms with Crippen molar-refractivity contribution >= 4 is 22.7 Å². The Hall–Kier alpha value is -2.09. The predicted octanol–water partition coefficient (Wildman–Crippen LogP) is 5.74. The summed E-state index contributed by atoms with van der Waals surface area (Å²) in [5.74, 6) is 2.28. The molecule has 0 bridgehead atoms. The highest BCUT2D eigenvalue weighted by Crippen LogP contribution is 2.35. The Labute approximate surface area is 199 Å². The van der Waals surface area contributed by atoms with Crippen molar-refractivity contribution in [2.45, 2.75) is 36.9 Å². The molecule has 178 valence electrons. The predicted molar refractivity (Wildman–Crippen MR) is 131 cm³/mol. The lowest BCUT2D eigenvalue weighted by Crippen LogP contribution is -2.42. The van der Waals surface area contributed by atoms with Crippen molar-refractivity contribution in [1.29, 1.82) is 0 Å². The Bertz CT molecular complexity index is 1000. The zero-order valence-electron chi connectivity index (χ0n) is 19.2. The van der Waals surface area contributed by atoms with Crippen molar-refractivity contribution in [2.75, 3.05) is 39.1 Å². The number of rotatable bonds is 11. The number of likely N-dealkylation sites (tertiary alicyclic amines) is 1. The summed E-state index contributed by atoms with van der Waals surface area (Å²) in [5, 5.41) is 11.8. The largest absolute Gasteiger partial charge is 0.497 e. The van der Waals surface area contributed by atoms with E-state index in [0.717, 1.165) is 60.6 Å². The summed E-state index contributed by atoms with van der Waals surface area (Å²) in [6.45, 7) is 3.08. The third-order valence-corrected chi connectivity index (χ3v) is 7.69. The number of alkyl halides is 1. The minimum Gasteiger partial charge on any atom is -0.497 e. The summed E-state index contributed by atoms with van der Waals surface area (Å²) in [6, 6.07) is 11.3. The molecule has 3 aromatic rings. The molecule has 0 amide bonds. The van der Waals surface area contributed by atoms with Gasteiger partial charge >= 0.3 is 0 Å². The van der Waals surface area contributed by atoms with Gasteiger partial charge in [-0.3, -0.25) is 4.98 Å². The molecule has 1 aliphatic rings. The maximum Gasteiger partial charge on any atom is 0.160 e. The molecule has 7 heteroatoms. The lowest BCUT2D eigenvalue weighted by Gasteiger charge is -2.38. The van der Waals surface area contributed by atoms with Gasteiger partial charge in [-0.1, -0.05) is 11.8 Å². The Morgan fingerprint density at radius 2 is 2.21 bits per heavy atom. The second-order valence-electron chi connectivity index (χ2n) is 8.75. The number of pyridine rings is 1. The number of ether oxygens (including phenoxy) is 1. The Kier molecular flexibility index (Phi) is 8.64. The number of benzene rings is 1. The van der Waals surface area contributed by atoms with Crippen LogP contribution >= 0.6 is 11.8 Å². The minimum atomic E-state index is -1.06. The molecule has 2 aromatic heterocycles. The fourth-order valence-electron chi connectivity index (χ4n) is 4.82. The van der Waals surface area contributed by atoms with Gasteiger partial charge in [0.2, 0.25) is 0 Å². The standard InChI is InChI=1S/C26H33FN2O3S/c1-31-21-6-8-25-23(16-21)22(9-11-28-25)24(27)7-5-19-10-13-29(17-20(19)18-30)12-3-15-33-26-4-2-14-32-26/h2,4,6,8-9,11,14,16,19-20,24,30H,3,5,7,10,12-13,15,17-18H2,1H3/t19-,20-,24+/m1/s1. The quantitative estimate of drug-likeness (QED) is 0.284. The maximum atomic E-state index is 15.3. The Morgan fingerprint density at radius 3 is 3.00 bits per heavy atom. The number of hydrogen-bond acceptors (Lipinski definition) is 6. The summed E-state index contributed by atoms with van der Waals surface area (Å²) < 4.78 is 26.0. The number of hydrogen-bond donors (Lipinski definition) is 1. The van der Waals surface area contributed by atoms with Crippen molar-refractivity contribution in [3.8, 4) is 5.75 Å². The third-order valence-electron chi connectivity index (χ3n) is 6.68. The number of thioether (sulfide) groups is 1. The molecule has 1 aliphatic heterocycles. The first-order chi connectivity index (χ1) is 16.2. The number of piperidine rings is 1. The van der Waals surface area contributed by atoms with Crippen LogP contribution in [0.1, 0.15) is 37.4 Å². The van der Waals surface area contributed by atoms with Gasteiger partial charge in [0.25, 0.3) is 0 Å². The normalized spacial score (nSPS) is 20.2. The number of fused-ring (bicyclic) bond motifs is 1. The molecule has 1 fully saturated rings. The van der Waals surface area contributed by atoms with E-state index in [4.69, 9.17) is 9.15 Å². The number of aliphatic hydroxyl groups excluding tert-OH is 1. The molecular formula is C26H33FN2O3S. The van der Waals surface area contributed by atoms with Crippen LogP contribution in [0.3, 0.4) is 0 Å².